The van der Waals surface area contributed by atoms with E-state index in [2.05, 4.69) is 11.6 Å². The third-order valence-corrected chi connectivity index (χ3v) is 4.42. The van der Waals surface area contributed by atoms with Gasteiger partial charge in [0.25, 0.3) is 5.56 Å². The normalized spacial score (nSPS) is 11.9. The third-order valence-electron chi connectivity index (χ3n) is 3.09. The van der Waals surface area contributed by atoms with Crippen molar-refractivity contribution < 1.29 is 9.59 Å². The number of nitrogens with two attached hydrogens (primary N) is 1. The van der Waals surface area contributed by atoms with Gasteiger partial charge in [0, 0.05) is 11.6 Å². The molecule has 0 saturated carbocycles. The predicted molar refractivity (Wildman–Crippen MR) is 94.3 cm³/mol. The molecule has 9 heteroatoms. The second kappa shape index (κ2) is 7.50. The Balaban J connectivity index is 2.48. The molecule has 126 valence electrons. The van der Waals surface area contributed by atoms with E-state index in [0.29, 0.717) is 21.1 Å². The summed E-state index contributed by atoms with van der Waals surface area (Å²) in [6.07, 6.45) is 1.55. The fraction of sp³-hybridized carbons (Fsp3) is 0.200. The highest BCUT2D eigenvalue weighted by Crippen LogP contribution is 2.23. The van der Waals surface area contributed by atoms with Crippen LogP contribution in [0.3, 0.4) is 0 Å². The SMILES string of the molecule is C=CCn1c(SC(C)C(=O)NC(N)=O)nc2ccc(Cl)cc2c1=O. The highest BCUT2D eigenvalue weighted by Gasteiger charge is 2.20. The summed E-state index contributed by atoms with van der Waals surface area (Å²) in [6.45, 7) is 5.43. The average Bonchev–Trinajstić information content (AvgIpc) is 2.51. The lowest BCUT2D eigenvalue weighted by atomic mass is 10.2. The first-order chi connectivity index (χ1) is 11.3. The van der Waals surface area contributed by atoms with E-state index >= 15 is 0 Å². The number of thioether (sulfide) groups is 1. The number of nitrogens with zero attached hydrogens (tertiary/aromatic N) is 2. The first kappa shape index (κ1) is 18.0. The lowest BCUT2D eigenvalue weighted by Crippen LogP contribution is -2.39. The number of halogens is 1. The number of urea groups is 1. The summed E-state index contributed by atoms with van der Waals surface area (Å²) in [5, 5.41) is 2.47. The summed E-state index contributed by atoms with van der Waals surface area (Å²) >= 11 is 6.98. The maximum Gasteiger partial charge on any atom is 0.318 e. The van der Waals surface area contributed by atoms with Crippen molar-refractivity contribution in [1.82, 2.24) is 14.9 Å². The number of carbonyl (C=O) groups is 2. The molecule has 1 atom stereocenters. The van der Waals surface area contributed by atoms with Crippen LogP contribution in [0.1, 0.15) is 6.92 Å². The molecule has 1 unspecified atom stereocenters. The largest absolute Gasteiger partial charge is 0.351 e. The second-order valence-corrected chi connectivity index (χ2v) is 6.62. The van der Waals surface area contributed by atoms with E-state index in [-0.39, 0.29) is 12.1 Å². The van der Waals surface area contributed by atoms with Gasteiger partial charge >= 0.3 is 6.03 Å². The number of aromatic nitrogens is 2. The van der Waals surface area contributed by atoms with Gasteiger partial charge in [-0.2, -0.15) is 0 Å². The van der Waals surface area contributed by atoms with Gasteiger partial charge in [0.05, 0.1) is 16.2 Å². The van der Waals surface area contributed by atoms with Crippen LogP contribution >= 0.6 is 23.4 Å². The Labute approximate surface area is 146 Å². The maximum absolute atomic E-state index is 12.6. The number of carbonyl (C=O) groups excluding carboxylic acids is 2. The number of allylic oxidation sites excluding steroid dienone is 1. The zero-order chi connectivity index (χ0) is 17.9. The zero-order valence-electron chi connectivity index (χ0n) is 12.8. The van der Waals surface area contributed by atoms with Crippen LogP contribution in [0.15, 0.2) is 40.8 Å². The Bertz CT molecular complexity index is 881. The third kappa shape index (κ3) is 3.95. The number of primary amides is 1. The minimum absolute atomic E-state index is 0.223. The Hall–Kier alpha value is -2.32. The van der Waals surface area contributed by atoms with Crippen molar-refractivity contribution in [3.63, 3.8) is 0 Å². The molecular weight excluding hydrogens is 352 g/mol. The van der Waals surface area contributed by atoms with Crippen molar-refractivity contribution >= 4 is 46.2 Å². The highest BCUT2D eigenvalue weighted by molar-refractivity contribution is 8.00. The Morgan fingerprint density at radius 2 is 2.25 bits per heavy atom. The summed E-state index contributed by atoms with van der Waals surface area (Å²) in [6, 6.07) is 3.88. The summed E-state index contributed by atoms with van der Waals surface area (Å²) in [5.74, 6) is -0.567. The Morgan fingerprint density at radius 3 is 2.88 bits per heavy atom. The van der Waals surface area contributed by atoms with Crippen LogP contribution in [0, 0.1) is 0 Å². The quantitative estimate of drug-likeness (QED) is 0.477. The molecule has 3 amide bonds. The van der Waals surface area contributed by atoms with E-state index in [0.717, 1.165) is 11.8 Å². The molecule has 0 bridgehead atoms. The van der Waals surface area contributed by atoms with Crippen molar-refractivity contribution in [3.05, 3.63) is 46.2 Å². The van der Waals surface area contributed by atoms with E-state index in [1.807, 2.05) is 5.32 Å². The number of hydrogen-bond donors (Lipinski definition) is 2. The number of amides is 3. The van der Waals surface area contributed by atoms with Gasteiger partial charge in [-0.05, 0) is 25.1 Å². The first-order valence-electron chi connectivity index (χ1n) is 6.91. The van der Waals surface area contributed by atoms with Crippen LogP contribution in [-0.4, -0.2) is 26.7 Å². The molecule has 0 aliphatic carbocycles. The number of rotatable bonds is 5. The van der Waals surface area contributed by atoms with Gasteiger partial charge in [0.15, 0.2) is 5.16 Å². The van der Waals surface area contributed by atoms with E-state index in [9.17, 15) is 14.4 Å². The lowest BCUT2D eigenvalue weighted by molar-refractivity contribution is -0.119. The minimum Gasteiger partial charge on any atom is -0.351 e. The van der Waals surface area contributed by atoms with E-state index in [1.54, 1.807) is 31.2 Å². The van der Waals surface area contributed by atoms with Gasteiger partial charge in [-0.1, -0.05) is 29.4 Å². The standard InChI is InChI=1S/C15H15ClN4O3S/c1-3-6-20-13(22)10-7-9(16)4-5-11(10)18-15(20)24-8(2)12(21)19-14(17)23/h3-5,7-8H,1,6H2,2H3,(H3,17,19,21,23). The van der Waals surface area contributed by atoms with Crippen LogP contribution in [0.25, 0.3) is 10.9 Å². The van der Waals surface area contributed by atoms with Gasteiger partial charge in [-0.25, -0.2) is 9.78 Å². The summed E-state index contributed by atoms with van der Waals surface area (Å²) in [7, 11) is 0. The fourth-order valence-corrected chi connectivity index (χ4v) is 3.08. The van der Waals surface area contributed by atoms with E-state index in [1.165, 1.54) is 4.57 Å². The lowest BCUT2D eigenvalue weighted by Gasteiger charge is -2.14. The molecule has 2 aromatic rings. The molecule has 24 heavy (non-hydrogen) atoms. The van der Waals surface area contributed by atoms with Gasteiger partial charge < -0.3 is 5.73 Å². The van der Waals surface area contributed by atoms with Crippen LogP contribution in [-0.2, 0) is 11.3 Å². The molecule has 1 aromatic heterocycles. The number of nitrogens with one attached hydrogen (secondary N) is 1. The average molecular weight is 367 g/mol. The molecule has 1 aromatic carbocycles. The van der Waals surface area contributed by atoms with Gasteiger partial charge in [-0.15, -0.1) is 6.58 Å². The number of imide groups is 1. The van der Waals surface area contributed by atoms with Crippen molar-refractivity contribution in [1.29, 1.82) is 0 Å². The van der Waals surface area contributed by atoms with Crippen molar-refractivity contribution in [2.75, 3.05) is 0 Å². The number of hydrogen-bond acceptors (Lipinski definition) is 5. The van der Waals surface area contributed by atoms with Gasteiger partial charge in [0.1, 0.15) is 0 Å². The van der Waals surface area contributed by atoms with E-state index < -0.39 is 17.2 Å². The minimum atomic E-state index is -0.933. The molecule has 0 aliphatic rings. The summed E-state index contributed by atoms with van der Waals surface area (Å²) < 4.78 is 1.39. The highest BCUT2D eigenvalue weighted by atomic mass is 35.5. The van der Waals surface area contributed by atoms with Gasteiger partial charge in [-0.3, -0.25) is 19.5 Å². The molecule has 1 heterocycles. The summed E-state index contributed by atoms with van der Waals surface area (Å²) in [4.78, 5) is 39.7. The van der Waals surface area contributed by atoms with Crippen LogP contribution in [0.5, 0.6) is 0 Å². The molecule has 2 rings (SSSR count). The van der Waals surface area contributed by atoms with Gasteiger partial charge in [0.2, 0.25) is 5.91 Å². The predicted octanol–water partition coefficient (Wildman–Crippen LogP) is 1.91. The molecule has 0 aliphatic heterocycles. The molecule has 0 saturated heterocycles. The number of benzene rings is 1. The maximum atomic E-state index is 12.6. The molecule has 0 radical (unpaired) electrons. The van der Waals surface area contributed by atoms with Crippen molar-refractivity contribution in [3.8, 4) is 0 Å². The van der Waals surface area contributed by atoms with Crippen LogP contribution < -0.4 is 16.6 Å². The van der Waals surface area contributed by atoms with Crippen molar-refractivity contribution in [2.45, 2.75) is 23.9 Å². The summed E-state index contributed by atoms with van der Waals surface area (Å²) in [5.41, 5.74) is 5.12. The topological polar surface area (TPSA) is 107 Å². The van der Waals surface area contributed by atoms with Crippen LogP contribution in [0.4, 0.5) is 4.79 Å². The Morgan fingerprint density at radius 1 is 1.54 bits per heavy atom. The second-order valence-electron chi connectivity index (χ2n) is 4.87. The monoisotopic (exact) mass is 366 g/mol. The fourth-order valence-electron chi connectivity index (χ4n) is 1.99. The molecule has 0 spiro atoms. The van der Waals surface area contributed by atoms with E-state index in [4.69, 9.17) is 17.3 Å². The molecule has 0 fully saturated rings. The first-order valence-corrected chi connectivity index (χ1v) is 8.17. The van der Waals surface area contributed by atoms with Crippen LogP contribution in [0.2, 0.25) is 5.02 Å². The molecular formula is C15H15ClN4O3S. The number of fused-ring (bicyclic) bond motifs is 1. The smallest absolute Gasteiger partial charge is 0.318 e. The van der Waals surface area contributed by atoms with Crippen molar-refractivity contribution in [2.24, 2.45) is 5.73 Å². The molecule has 3 N–H and O–H groups in total. The Kier molecular flexibility index (Phi) is 5.63. The molecule has 7 nitrogen and oxygen atoms in total. The zero-order valence-corrected chi connectivity index (χ0v) is 14.4.